The van der Waals surface area contributed by atoms with Crippen molar-refractivity contribution in [2.75, 3.05) is 32.7 Å². The van der Waals surface area contributed by atoms with Crippen LogP contribution in [0, 0.1) is 0 Å². The molecule has 30 heavy (non-hydrogen) atoms. The van der Waals surface area contributed by atoms with Crippen LogP contribution in [0.2, 0.25) is 0 Å². The Morgan fingerprint density at radius 1 is 1.00 bits per heavy atom. The molecule has 3 aliphatic heterocycles. The highest BCUT2D eigenvalue weighted by Gasteiger charge is 2.29. The molecule has 0 aliphatic carbocycles. The lowest BCUT2D eigenvalue weighted by Gasteiger charge is -2.40. The molecule has 2 saturated heterocycles. The third-order valence-electron chi connectivity index (χ3n) is 6.95. The number of piperidine rings is 1. The van der Waals surface area contributed by atoms with E-state index in [1.54, 1.807) is 4.68 Å². The third-order valence-corrected chi connectivity index (χ3v) is 6.95. The number of carbonyl (C=O) groups excluding carboxylic acids is 1. The molecule has 0 radical (unpaired) electrons. The molecule has 2 aromatic rings. The van der Waals surface area contributed by atoms with Gasteiger partial charge < -0.3 is 4.90 Å². The van der Waals surface area contributed by atoms with Gasteiger partial charge in [0.25, 0.3) is 0 Å². The average molecular weight is 410 g/mol. The second-order valence-corrected chi connectivity index (χ2v) is 8.84. The topological polar surface area (TPSA) is 70.4 Å². The Hall–Kier alpha value is -2.32. The molecule has 4 heterocycles. The molecule has 2 fully saturated rings. The number of tetrazole rings is 1. The van der Waals surface area contributed by atoms with Crippen LogP contribution in [-0.4, -0.2) is 79.6 Å². The zero-order valence-electron chi connectivity index (χ0n) is 17.6. The molecule has 0 spiro atoms. The number of aromatic nitrogens is 4. The van der Waals surface area contributed by atoms with E-state index in [4.69, 9.17) is 0 Å². The molecule has 0 unspecified atom stereocenters. The second-order valence-electron chi connectivity index (χ2n) is 8.84. The number of hydrogen-bond acceptors (Lipinski definition) is 6. The Bertz CT molecular complexity index is 868. The van der Waals surface area contributed by atoms with Gasteiger partial charge in [-0.25, -0.2) is 4.68 Å². The van der Waals surface area contributed by atoms with Gasteiger partial charge in [-0.05, 0) is 66.7 Å². The highest BCUT2D eigenvalue weighted by molar-refractivity contribution is 5.76. The van der Waals surface area contributed by atoms with Crippen LogP contribution in [-0.2, 0) is 30.8 Å². The Balaban J connectivity index is 1.13. The van der Waals surface area contributed by atoms with E-state index in [0.29, 0.717) is 6.04 Å². The summed E-state index contributed by atoms with van der Waals surface area (Å²) < 4.78 is 1.69. The molecule has 1 aromatic heterocycles. The molecule has 160 valence electrons. The number of hydrogen-bond donors (Lipinski definition) is 0. The maximum Gasteiger partial charge on any atom is 0.244 e. The minimum absolute atomic E-state index is 0.132. The minimum Gasteiger partial charge on any atom is -0.341 e. The minimum atomic E-state index is 0.132. The molecule has 3 aliphatic rings. The van der Waals surface area contributed by atoms with Crippen molar-refractivity contribution >= 4 is 5.91 Å². The van der Waals surface area contributed by atoms with Crippen LogP contribution in [0.5, 0.6) is 0 Å². The van der Waals surface area contributed by atoms with Gasteiger partial charge in [0, 0.05) is 32.2 Å². The lowest BCUT2D eigenvalue weighted by molar-refractivity contribution is -0.133. The summed E-state index contributed by atoms with van der Waals surface area (Å²) in [4.78, 5) is 19.8. The van der Waals surface area contributed by atoms with Crippen LogP contribution in [0.3, 0.4) is 0 Å². The van der Waals surface area contributed by atoms with Crippen molar-refractivity contribution < 1.29 is 4.79 Å². The fourth-order valence-electron chi connectivity index (χ4n) is 5.14. The van der Waals surface area contributed by atoms with Crippen molar-refractivity contribution in [3.63, 3.8) is 0 Å². The van der Waals surface area contributed by atoms with E-state index in [1.807, 2.05) is 4.90 Å². The third kappa shape index (κ3) is 4.25. The van der Waals surface area contributed by atoms with Crippen LogP contribution < -0.4 is 0 Å². The first-order valence-corrected chi connectivity index (χ1v) is 11.3. The van der Waals surface area contributed by atoms with Crippen molar-refractivity contribution in [3.05, 3.63) is 41.2 Å². The van der Waals surface area contributed by atoms with Gasteiger partial charge in [0.2, 0.25) is 5.91 Å². The van der Waals surface area contributed by atoms with Crippen molar-refractivity contribution in [2.24, 2.45) is 0 Å². The second kappa shape index (κ2) is 8.81. The molecule has 5 rings (SSSR count). The highest BCUT2D eigenvalue weighted by atomic mass is 16.2. The summed E-state index contributed by atoms with van der Waals surface area (Å²) in [6, 6.07) is 9.36. The number of amides is 1. The van der Waals surface area contributed by atoms with Crippen molar-refractivity contribution in [1.82, 2.24) is 34.9 Å². The van der Waals surface area contributed by atoms with E-state index < -0.39 is 0 Å². The van der Waals surface area contributed by atoms with E-state index in [-0.39, 0.29) is 12.5 Å². The predicted molar refractivity (Wildman–Crippen MR) is 112 cm³/mol. The number of fused-ring (bicyclic) bond motifs is 1. The molecule has 1 amide bonds. The van der Waals surface area contributed by atoms with Gasteiger partial charge in [0.1, 0.15) is 6.54 Å². The molecule has 0 N–H and O–H groups in total. The first kappa shape index (κ1) is 19.6. The summed E-state index contributed by atoms with van der Waals surface area (Å²) in [5.74, 6) is 0.930. The Kier molecular flexibility index (Phi) is 5.77. The Morgan fingerprint density at radius 2 is 1.77 bits per heavy atom. The number of rotatable bonds is 5. The normalized spacial score (nSPS) is 21.1. The average Bonchev–Trinajstić information content (AvgIpc) is 3.46. The highest BCUT2D eigenvalue weighted by Crippen LogP contribution is 2.25. The summed E-state index contributed by atoms with van der Waals surface area (Å²) >= 11 is 0. The van der Waals surface area contributed by atoms with Gasteiger partial charge in [0.15, 0.2) is 5.82 Å². The van der Waals surface area contributed by atoms with E-state index in [1.165, 1.54) is 24.0 Å². The molecule has 0 atom stereocenters. The van der Waals surface area contributed by atoms with Gasteiger partial charge in [-0.15, -0.1) is 5.10 Å². The zero-order chi connectivity index (χ0) is 20.3. The summed E-state index contributed by atoms with van der Waals surface area (Å²) in [7, 11) is 0. The molecule has 8 heteroatoms. The van der Waals surface area contributed by atoms with Crippen LogP contribution in [0.1, 0.15) is 42.6 Å². The van der Waals surface area contributed by atoms with Gasteiger partial charge in [0.05, 0.1) is 6.54 Å². The van der Waals surface area contributed by atoms with E-state index in [0.717, 1.165) is 70.9 Å². The molecule has 8 nitrogen and oxygen atoms in total. The molecular weight excluding hydrogens is 378 g/mol. The molecule has 0 bridgehead atoms. The van der Waals surface area contributed by atoms with Crippen LogP contribution in [0.25, 0.3) is 0 Å². The molecule has 1 aromatic carbocycles. The summed E-state index contributed by atoms with van der Waals surface area (Å²) in [6.07, 6.45) is 5.69. The zero-order valence-corrected chi connectivity index (χ0v) is 17.6. The monoisotopic (exact) mass is 409 g/mol. The van der Waals surface area contributed by atoms with Crippen LogP contribution in [0.4, 0.5) is 0 Å². The number of nitrogens with zero attached hydrogens (tertiary/aromatic N) is 7. The predicted octanol–water partition coefficient (Wildman–Crippen LogP) is 1.32. The summed E-state index contributed by atoms with van der Waals surface area (Å²) in [6.45, 7) is 6.98. The summed E-state index contributed by atoms with van der Waals surface area (Å²) in [5, 5.41) is 12.0. The fraction of sp³-hybridized carbons (Fsp3) is 0.636. The maximum atomic E-state index is 12.9. The summed E-state index contributed by atoms with van der Waals surface area (Å²) in [5.41, 5.74) is 2.96. The quantitative estimate of drug-likeness (QED) is 0.742. The number of carbonyl (C=O) groups is 1. The number of benzene rings is 1. The van der Waals surface area contributed by atoms with E-state index in [2.05, 4.69) is 49.6 Å². The van der Waals surface area contributed by atoms with Gasteiger partial charge >= 0.3 is 0 Å². The van der Waals surface area contributed by atoms with Crippen LogP contribution in [0.15, 0.2) is 24.3 Å². The first-order chi connectivity index (χ1) is 14.8. The number of likely N-dealkylation sites (tertiary alicyclic amines) is 2. The Morgan fingerprint density at radius 3 is 2.57 bits per heavy atom. The van der Waals surface area contributed by atoms with Crippen LogP contribution >= 0.6 is 0 Å². The van der Waals surface area contributed by atoms with Crippen molar-refractivity contribution in [2.45, 2.75) is 57.8 Å². The smallest absolute Gasteiger partial charge is 0.244 e. The fourth-order valence-corrected chi connectivity index (χ4v) is 5.14. The lowest BCUT2D eigenvalue weighted by atomic mass is 9.95. The van der Waals surface area contributed by atoms with E-state index >= 15 is 0 Å². The largest absolute Gasteiger partial charge is 0.341 e. The molecular formula is C22H31N7O. The molecule has 0 saturated carbocycles. The van der Waals surface area contributed by atoms with E-state index in [9.17, 15) is 4.79 Å². The van der Waals surface area contributed by atoms with Crippen molar-refractivity contribution in [3.8, 4) is 0 Å². The Labute approximate surface area is 177 Å². The lowest BCUT2D eigenvalue weighted by Crippen LogP contribution is -2.48. The van der Waals surface area contributed by atoms with Gasteiger partial charge in [-0.1, -0.05) is 24.3 Å². The van der Waals surface area contributed by atoms with Gasteiger partial charge in [-0.2, -0.15) is 0 Å². The van der Waals surface area contributed by atoms with Crippen molar-refractivity contribution in [1.29, 1.82) is 0 Å². The van der Waals surface area contributed by atoms with Gasteiger partial charge in [-0.3, -0.25) is 14.6 Å². The standard InChI is InChI=1S/C22H31N7O/c30-22(17-29-21(23-24-25-29)16-26-10-3-4-11-26)27-13-8-20(9-14-27)28-12-7-18-5-1-2-6-19(18)15-28/h1-2,5-6,20H,3-4,7-17H2. The first-order valence-electron chi connectivity index (χ1n) is 11.3. The maximum absolute atomic E-state index is 12.9. The SMILES string of the molecule is O=C(Cn1nnnc1CN1CCCC1)N1CCC(N2CCc3ccccc3C2)CC1.